The van der Waals surface area contributed by atoms with Crippen molar-refractivity contribution in [2.45, 2.75) is 20.3 Å². The second-order valence-corrected chi connectivity index (χ2v) is 20.2. The van der Waals surface area contributed by atoms with Gasteiger partial charge in [-0.25, -0.2) is 0 Å². The molecular formula is C62H43N3S2. The van der Waals surface area contributed by atoms with Crippen molar-refractivity contribution in [1.82, 2.24) is 13.7 Å². The van der Waals surface area contributed by atoms with Gasteiger partial charge in [-0.1, -0.05) is 128 Å². The first-order valence-electron chi connectivity index (χ1n) is 23.3. The van der Waals surface area contributed by atoms with Crippen molar-refractivity contribution >= 4 is 148 Å². The van der Waals surface area contributed by atoms with Crippen molar-refractivity contribution in [1.29, 1.82) is 0 Å². The minimum atomic E-state index is 0.394. The molecule has 5 heteroatoms. The quantitative estimate of drug-likeness (QED) is 0.158. The van der Waals surface area contributed by atoms with Crippen LogP contribution in [0, 0.1) is 5.92 Å². The summed E-state index contributed by atoms with van der Waals surface area (Å²) in [5.74, 6) is 0.394. The molecule has 318 valence electrons. The number of fused-ring (bicyclic) bond motifs is 15. The van der Waals surface area contributed by atoms with E-state index in [1.807, 2.05) is 22.7 Å². The van der Waals surface area contributed by atoms with Crippen LogP contribution in [0.4, 0.5) is 0 Å². The van der Waals surface area contributed by atoms with Crippen molar-refractivity contribution in [3.8, 4) is 5.69 Å². The summed E-state index contributed by atoms with van der Waals surface area (Å²) in [5, 5.41) is 11.5. The lowest BCUT2D eigenvalue weighted by Gasteiger charge is -2.22. The highest BCUT2D eigenvalue weighted by Gasteiger charge is 2.26. The summed E-state index contributed by atoms with van der Waals surface area (Å²) < 4.78 is 11.5. The van der Waals surface area contributed by atoms with Gasteiger partial charge >= 0.3 is 0 Å². The molecule has 1 aliphatic rings. The first-order valence-corrected chi connectivity index (χ1v) is 24.9. The van der Waals surface area contributed by atoms with Crippen LogP contribution in [0.25, 0.3) is 131 Å². The molecule has 1 unspecified atom stereocenters. The fraction of sp³-hybridized carbons (Fsp3) is 0.0645. The minimum absolute atomic E-state index is 0.394. The molecule has 3 nitrogen and oxygen atoms in total. The molecular weight excluding hydrogens is 851 g/mol. The maximum absolute atomic E-state index is 2.57. The monoisotopic (exact) mass is 893 g/mol. The molecule has 0 fully saturated rings. The largest absolute Gasteiger partial charge is 0.316 e. The van der Waals surface area contributed by atoms with E-state index in [0.717, 1.165) is 12.1 Å². The van der Waals surface area contributed by atoms with Gasteiger partial charge in [-0.3, -0.25) is 0 Å². The molecule has 0 radical (unpaired) electrons. The fourth-order valence-electron chi connectivity index (χ4n) is 11.3. The smallest absolute Gasteiger partial charge is 0.0641 e. The van der Waals surface area contributed by atoms with Crippen LogP contribution in [0.15, 0.2) is 188 Å². The molecule has 1 atom stereocenters. The van der Waals surface area contributed by atoms with Crippen molar-refractivity contribution in [3.05, 3.63) is 204 Å². The van der Waals surface area contributed by atoms with Crippen LogP contribution in [-0.4, -0.2) is 13.7 Å². The van der Waals surface area contributed by atoms with Crippen molar-refractivity contribution in [3.63, 3.8) is 0 Å². The Labute approximate surface area is 395 Å². The number of benzene rings is 8. The number of aromatic nitrogens is 3. The predicted molar refractivity (Wildman–Crippen MR) is 294 cm³/mol. The number of rotatable bonds is 6. The van der Waals surface area contributed by atoms with Gasteiger partial charge in [0.1, 0.15) is 0 Å². The Hall–Kier alpha value is -7.70. The summed E-state index contributed by atoms with van der Waals surface area (Å²) in [6.07, 6.45) is 14.9. The molecule has 0 saturated carbocycles. The summed E-state index contributed by atoms with van der Waals surface area (Å²) in [4.78, 5) is 1.27. The van der Waals surface area contributed by atoms with Gasteiger partial charge in [0.25, 0.3) is 0 Å². The van der Waals surface area contributed by atoms with E-state index in [0.29, 0.717) is 5.92 Å². The molecule has 13 aromatic rings. The molecule has 8 aromatic carbocycles. The average molecular weight is 894 g/mol. The zero-order chi connectivity index (χ0) is 44.3. The van der Waals surface area contributed by atoms with Gasteiger partial charge < -0.3 is 13.7 Å². The highest BCUT2D eigenvalue weighted by atomic mass is 32.1. The Kier molecular flexibility index (Phi) is 8.58. The van der Waals surface area contributed by atoms with Gasteiger partial charge in [0.15, 0.2) is 0 Å². The average Bonchev–Trinajstić information content (AvgIpc) is 4.17. The molecule has 67 heavy (non-hydrogen) atoms. The summed E-state index contributed by atoms with van der Waals surface area (Å²) in [7, 11) is 0. The van der Waals surface area contributed by atoms with Crippen LogP contribution in [0.2, 0.25) is 0 Å². The van der Waals surface area contributed by atoms with Gasteiger partial charge in [0.2, 0.25) is 0 Å². The Balaban J connectivity index is 1.03. The first-order chi connectivity index (χ1) is 33.1. The van der Waals surface area contributed by atoms with E-state index in [4.69, 9.17) is 0 Å². The van der Waals surface area contributed by atoms with E-state index in [1.54, 1.807) is 0 Å². The molecule has 5 heterocycles. The van der Waals surface area contributed by atoms with Crippen molar-refractivity contribution < 1.29 is 0 Å². The lowest BCUT2D eigenvalue weighted by Crippen LogP contribution is -2.06. The molecule has 0 bridgehead atoms. The first kappa shape index (κ1) is 38.6. The van der Waals surface area contributed by atoms with E-state index >= 15 is 0 Å². The zero-order valence-corrected chi connectivity index (χ0v) is 38.7. The van der Waals surface area contributed by atoms with Gasteiger partial charge in [-0.15, -0.1) is 22.7 Å². The summed E-state index contributed by atoms with van der Waals surface area (Å²) in [5.41, 5.74) is 13.6. The number of thiophene rings is 2. The number of allylic oxidation sites excluding steroid dienone is 5. The van der Waals surface area contributed by atoms with E-state index in [9.17, 15) is 0 Å². The summed E-state index contributed by atoms with van der Waals surface area (Å²) in [6, 6.07) is 63.2. The Morgan fingerprint density at radius 3 is 1.91 bits per heavy atom. The van der Waals surface area contributed by atoms with Gasteiger partial charge in [0.05, 0.1) is 33.1 Å². The molecule has 0 amide bonds. The fourth-order valence-corrected chi connectivity index (χ4v) is 13.5. The Morgan fingerprint density at radius 1 is 0.507 bits per heavy atom. The molecule has 14 rings (SSSR count). The molecule has 1 aliphatic carbocycles. The SMILES string of the molecule is C/C=C\c1sc2ccccc2c1/C=C/n1c2ccccc2c2c1ccc1c3ccc4c(c5ccccc5n4C4=CCC(C)C(c5ccc6sc7ccccc7c6c5)=C4)c3n(-c3ccccc3)c12. The van der Waals surface area contributed by atoms with Crippen molar-refractivity contribution in [2.24, 2.45) is 5.92 Å². The lowest BCUT2D eigenvalue weighted by molar-refractivity contribution is 0.757. The molecule has 0 aliphatic heterocycles. The van der Waals surface area contributed by atoms with E-state index in [2.05, 4.69) is 234 Å². The molecule has 0 spiro atoms. The van der Waals surface area contributed by atoms with Crippen LogP contribution in [-0.2, 0) is 0 Å². The number of hydrogen-bond acceptors (Lipinski definition) is 2. The van der Waals surface area contributed by atoms with Crippen LogP contribution in [0.1, 0.15) is 36.3 Å². The van der Waals surface area contributed by atoms with E-state index in [1.165, 1.54) is 123 Å². The van der Waals surface area contributed by atoms with Gasteiger partial charge in [0, 0.05) is 90.6 Å². The van der Waals surface area contributed by atoms with E-state index < -0.39 is 0 Å². The normalized spacial score (nSPS) is 14.9. The molecule has 5 aromatic heterocycles. The highest BCUT2D eigenvalue weighted by molar-refractivity contribution is 7.25. The number of hydrogen-bond donors (Lipinski definition) is 0. The van der Waals surface area contributed by atoms with E-state index in [-0.39, 0.29) is 0 Å². The maximum Gasteiger partial charge on any atom is 0.0641 e. The molecule has 0 N–H and O–H groups in total. The third-order valence-corrected chi connectivity index (χ3v) is 16.6. The van der Waals surface area contributed by atoms with Crippen LogP contribution in [0.5, 0.6) is 0 Å². The summed E-state index contributed by atoms with van der Waals surface area (Å²) >= 11 is 3.73. The van der Waals surface area contributed by atoms with Crippen molar-refractivity contribution in [2.75, 3.05) is 0 Å². The highest BCUT2D eigenvalue weighted by Crippen LogP contribution is 2.47. The second kappa shape index (κ2) is 14.9. The Bertz CT molecular complexity index is 4330. The van der Waals surface area contributed by atoms with Crippen LogP contribution >= 0.6 is 22.7 Å². The number of nitrogens with zero attached hydrogens (tertiary/aromatic N) is 3. The summed E-state index contributed by atoms with van der Waals surface area (Å²) in [6.45, 7) is 4.48. The zero-order valence-electron chi connectivity index (χ0n) is 37.1. The van der Waals surface area contributed by atoms with Crippen LogP contribution in [0.3, 0.4) is 0 Å². The molecule has 0 saturated heterocycles. The van der Waals surface area contributed by atoms with Gasteiger partial charge in [-0.2, -0.15) is 0 Å². The Morgan fingerprint density at radius 2 is 1.13 bits per heavy atom. The number of para-hydroxylation sites is 3. The maximum atomic E-state index is 2.57. The third kappa shape index (κ3) is 5.68. The lowest BCUT2D eigenvalue weighted by atomic mass is 9.86. The topological polar surface area (TPSA) is 14.8 Å². The minimum Gasteiger partial charge on any atom is -0.316 e. The van der Waals surface area contributed by atoms with Gasteiger partial charge in [-0.05, 0) is 109 Å². The predicted octanol–water partition coefficient (Wildman–Crippen LogP) is 18.2. The standard InChI is InChI=1S/C62H43N3S2/c1-3-15-55-44(42-18-9-13-24-56(42)66-55)34-35-63-51-22-11-7-20-47(51)59-53(63)31-29-45-46-30-32-54-60(62(46)65(61(45)59)40-16-5-4-6-17-40)48-21-8-12-23-52(48)64(54)41-28-26-38(2)49(37-41)39-27-33-58-50(36-39)43-19-10-14-25-57(43)67-58/h3-25,27-38H,26H2,1-2H3/b15-3-,35-34+. The van der Waals surface area contributed by atoms with Crippen LogP contribution < -0.4 is 0 Å². The second-order valence-electron chi connectivity index (χ2n) is 18.0. The third-order valence-electron chi connectivity index (χ3n) is 14.3.